The van der Waals surface area contributed by atoms with Crippen LogP contribution in [0, 0.1) is 0 Å². The maximum atomic E-state index is 12.3. The predicted octanol–water partition coefficient (Wildman–Crippen LogP) is 0.860. The van der Waals surface area contributed by atoms with E-state index in [4.69, 9.17) is 37.4 Å². The third kappa shape index (κ3) is 7.17. The van der Waals surface area contributed by atoms with Crippen molar-refractivity contribution in [2.24, 2.45) is 11.5 Å². The van der Waals surface area contributed by atoms with Gasteiger partial charge in [0.1, 0.15) is 24.9 Å². The molecule has 2 atom stereocenters. The number of hydrogen-bond donors (Lipinski definition) is 3. The van der Waals surface area contributed by atoms with Crippen LogP contribution < -0.4 is 11.5 Å². The van der Waals surface area contributed by atoms with Crippen LogP contribution in [0.3, 0.4) is 0 Å². The van der Waals surface area contributed by atoms with Gasteiger partial charge in [-0.3, -0.25) is 9.63 Å². The number of hydrogen-bond acceptors (Lipinski definition) is 9. The maximum absolute atomic E-state index is 12.3. The van der Waals surface area contributed by atoms with Crippen molar-refractivity contribution in [3.63, 3.8) is 0 Å². The Morgan fingerprint density at radius 3 is 2.29 bits per heavy atom. The Hall–Kier alpha value is -2.73. The first-order valence-electron chi connectivity index (χ1n) is 9.01. The van der Waals surface area contributed by atoms with E-state index in [9.17, 15) is 24.3 Å². The summed E-state index contributed by atoms with van der Waals surface area (Å²) in [7, 11) is 1.16. The van der Waals surface area contributed by atoms with E-state index in [1.807, 2.05) is 0 Å². The molecular formula is C19H26ClN3O8. The molecular weight excluding hydrogens is 434 g/mol. The van der Waals surface area contributed by atoms with E-state index in [1.54, 1.807) is 24.3 Å². The quantitative estimate of drug-likeness (QED) is 0.273. The summed E-state index contributed by atoms with van der Waals surface area (Å²) >= 11 is 5.97. The van der Waals surface area contributed by atoms with Crippen LogP contribution in [0.15, 0.2) is 24.3 Å². The Morgan fingerprint density at radius 2 is 1.77 bits per heavy atom. The van der Waals surface area contributed by atoms with Gasteiger partial charge in [0.05, 0.1) is 0 Å². The Bertz CT molecular complexity index is 842. The van der Waals surface area contributed by atoms with Gasteiger partial charge in [-0.05, 0) is 26.8 Å². The van der Waals surface area contributed by atoms with Gasteiger partial charge in [0.2, 0.25) is 5.54 Å². The van der Waals surface area contributed by atoms with Gasteiger partial charge in [0.15, 0.2) is 5.78 Å². The molecule has 0 aliphatic rings. The Kier molecular flexibility index (Phi) is 8.94. The summed E-state index contributed by atoms with van der Waals surface area (Å²) < 4.78 is 9.97. The summed E-state index contributed by atoms with van der Waals surface area (Å²) in [5, 5.41) is 10.4. The highest BCUT2D eigenvalue weighted by molar-refractivity contribution is 6.31. The van der Waals surface area contributed by atoms with Crippen molar-refractivity contribution in [3.8, 4) is 0 Å². The first-order valence-corrected chi connectivity index (χ1v) is 9.38. The number of benzene rings is 1. The van der Waals surface area contributed by atoms with Crippen molar-refractivity contribution in [1.82, 2.24) is 5.06 Å². The van der Waals surface area contributed by atoms with E-state index in [0.29, 0.717) is 15.6 Å². The molecule has 5 N–H and O–H groups in total. The molecule has 1 aromatic carbocycles. The van der Waals surface area contributed by atoms with Gasteiger partial charge in [-0.15, -0.1) is 0 Å². The minimum Gasteiger partial charge on any atom is -0.479 e. The number of nitrogens with two attached hydrogens (primary N) is 2. The molecule has 12 heteroatoms. The second-order valence-corrected chi connectivity index (χ2v) is 7.94. The number of carboxylic acids is 1. The fourth-order valence-electron chi connectivity index (χ4n) is 2.11. The zero-order chi connectivity index (χ0) is 24.0. The molecule has 0 saturated carbocycles. The molecule has 0 aromatic heterocycles. The first kappa shape index (κ1) is 26.3. The number of halogens is 1. The number of ether oxygens (including phenoxy) is 2. The first-order chi connectivity index (χ1) is 14.2. The van der Waals surface area contributed by atoms with Crippen LogP contribution >= 0.6 is 11.6 Å². The lowest BCUT2D eigenvalue weighted by atomic mass is 9.88. The lowest BCUT2D eigenvalue weighted by Crippen LogP contribution is -2.70. The standard InChI is InChI=1S/C19H26ClN3O8/c1-18(2,3)31-16(27)19(22,15(25)26)14(21)13(24)10-30-23(4)17(28)29-9-11-7-5-6-8-12(11)20/h5-8,14H,9-10,21-22H2,1-4H3,(H,25,26). The molecule has 172 valence electrons. The molecule has 1 amide bonds. The third-order valence-corrected chi connectivity index (χ3v) is 4.26. The lowest BCUT2D eigenvalue weighted by Gasteiger charge is -2.31. The van der Waals surface area contributed by atoms with Gasteiger partial charge < -0.3 is 26.0 Å². The number of hydroxylamine groups is 2. The Morgan fingerprint density at radius 1 is 1.19 bits per heavy atom. The maximum Gasteiger partial charge on any atom is 0.434 e. The van der Waals surface area contributed by atoms with Gasteiger partial charge in [-0.2, -0.15) is 5.06 Å². The number of nitrogens with zero attached hydrogens (tertiary/aromatic N) is 1. The van der Waals surface area contributed by atoms with E-state index in [2.05, 4.69) is 0 Å². The number of carbonyl (C=O) groups excluding carboxylic acids is 3. The summed E-state index contributed by atoms with van der Waals surface area (Å²) in [4.78, 5) is 53.1. The van der Waals surface area contributed by atoms with Crippen LogP contribution in [0.25, 0.3) is 0 Å². The number of ketones is 1. The van der Waals surface area contributed by atoms with Gasteiger partial charge >= 0.3 is 18.0 Å². The molecule has 2 unspecified atom stereocenters. The monoisotopic (exact) mass is 459 g/mol. The average molecular weight is 460 g/mol. The topological polar surface area (TPSA) is 171 Å². The molecule has 0 aliphatic carbocycles. The van der Waals surface area contributed by atoms with Gasteiger partial charge in [0, 0.05) is 17.6 Å². The van der Waals surface area contributed by atoms with Gasteiger partial charge in [0.25, 0.3) is 0 Å². The zero-order valence-electron chi connectivity index (χ0n) is 17.6. The fourth-order valence-corrected chi connectivity index (χ4v) is 2.30. The Labute approximate surface area is 184 Å². The molecule has 0 radical (unpaired) electrons. The van der Waals surface area contributed by atoms with Crippen LogP contribution in [0.1, 0.15) is 26.3 Å². The number of esters is 1. The second kappa shape index (κ2) is 10.5. The summed E-state index contributed by atoms with van der Waals surface area (Å²) in [6, 6.07) is 4.69. The van der Waals surface area contributed by atoms with Gasteiger partial charge in [-0.25, -0.2) is 14.4 Å². The van der Waals surface area contributed by atoms with Crippen molar-refractivity contribution >= 4 is 35.4 Å². The number of aliphatic carboxylic acids is 1. The molecule has 1 rings (SSSR count). The van der Waals surface area contributed by atoms with Crippen molar-refractivity contribution in [3.05, 3.63) is 34.9 Å². The van der Waals surface area contributed by atoms with E-state index >= 15 is 0 Å². The SMILES string of the molecule is CN(OCC(=O)C(N)C(N)(C(=O)O)C(=O)OC(C)(C)C)C(=O)OCc1ccccc1Cl. The minimum atomic E-state index is -2.85. The summed E-state index contributed by atoms with van der Waals surface area (Å²) in [5.41, 5.74) is 7.91. The zero-order valence-corrected chi connectivity index (χ0v) is 18.3. The lowest BCUT2D eigenvalue weighted by molar-refractivity contribution is -0.173. The highest BCUT2D eigenvalue weighted by Crippen LogP contribution is 2.18. The minimum absolute atomic E-state index is 0.150. The van der Waals surface area contributed by atoms with Crippen LogP contribution in [0.2, 0.25) is 5.02 Å². The summed E-state index contributed by atoms with van der Waals surface area (Å²) in [5.74, 6) is -4.29. The molecule has 0 heterocycles. The van der Waals surface area contributed by atoms with E-state index < -0.39 is 47.6 Å². The average Bonchev–Trinajstić information content (AvgIpc) is 2.68. The molecule has 0 spiro atoms. The van der Waals surface area contributed by atoms with E-state index in [0.717, 1.165) is 7.05 Å². The molecule has 0 fully saturated rings. The molecule has 0 bridgehead atoms. The largest absolute Gasteiger partial charge is 0.479 e. The summed E-state index contributed by atoms with van der Waals surface area (Å²) in [6.07, 6.45) is -0.953. The van der Waals surface area contributed by atoms with Crippen molar-refractivity contribution in [2.45, 2.75) is 44.6 Å². The van der Waals surface area contributed by atoms with E-state index in [-0.39, 0.29) is 6.61 Å². The molecule has 0 aliphatic heterocycles. The number of Topliss-reactive ketones (excluding diaryl/α,β-unsaturated/α-hetero) is 1. The second-order valence-electron chi connectivity index (χ2n) is 7.54. The number of carboxylic acid groups (broad SMARTS) is 1. The molecule has 1 aromatic rings. The van der Waals surface area contributed by atoms with E-state index in [1.165, 1.54) is 20.8 Å². The number of rotatable bonds is 9. The van der Waals surface area contributed by atoms with Crippen molar-refractivity contribution in [1.29, 1.82) is 0 Å². The molecule has 31 heavy (non-hydrogen) atoms. The normalized spacial score (nSPS) is 14.2. The van der Waals surface area contributed by atoms with Gasteiger partial charge in [-0.1, -0.05) is 29.8 Å². The van der Waals surface area contributed by atoms with Crippen LogP contribution in [0.4, 0.5) is 4.79 Å². The number of amides is 1. The highest BCUT2D eigenvalue weighted by atomic mass is 35.5. The van der Waals surface area contributed by atoms with Crippen LogP contribution in [0.5, 0.6) is 0 Å². The van der Waals surface area contributed by atoms with Crippen molar-refractivity contribution in [2.75, 3.05) is 13.7 Å². The fraction of sp³-hybridized carbons (Fsp3) is 0.474. The smallest absolute Gasteiger partial charge is 0.434 e. The highest BCUT2D eigenvalue weighted by Gasteiger charge is 2.53. The Balaban J connectivity index is 2.71. The van der Waals surface area contributed by atoms with Crippen LogP contribution in [-0.2, 0) is 35.3 Å². The third-order valence-electron chi connectivity index (χ3n) is 3.89. The molecule has 11 nitrogen and oxygen atoms in total. The van der Waals surface area contributed by atoms with Crippen LogP contribution in [-0.4, -0.2) is 64.8 Å². The number of carbonyl (C=O) groups is 4. The predicted molar refractivity (Wildman–Crippen MR) is 109 cm³/mol. The molecule has 0 saturated heterocycles. The summed E-state index contributed by atoms with van der Waals surface area (Å²) in [6.45, 7) is 3.48. The van der Waals surface area contributed by atoms with Crippen molar-refractivity contribution < 1.29 is 38.6 Å².